The van der Waals surface area contributed by atoms with Crippen molar-refractivity contribution in [2.24, 2.45) is 4.99 Å². The second kappa shape index (κ2) is 7.45. The third-order valence-electron chi connectivity index (χ3n) is 3.44. The van der Waals surface area contributed by atoms with E-state index in [0.29, 0.717) is 0 Å². The summed E-state index contributed by atoms with van der Waals surface area (Å²) in [5, 5.41) is 0. The summed E-state index contributed by atoms with van der Waals surface area (Å²) < 4.78 is 6.96. The molecule has 22 heavy (non-hydrogen) atoms. The lowest BCUT2D eigenvalue weighted by atomic mass is 10.1. The maximum absolute atomic E-state index is 6.01. The molecule has 0 saturated heterocycles. The highest BCUT2D eigenvalue weighted by Gasteiger charge is 2.08. The molecule has 116 valence electrons. The molecule has 0 bridgehead atoms. The summed E-state index contributed by atoms with van der Waals surface area (Å²) >= 11 is 3.51. The van der Waals surface area contributed by atoms with Crippen LogP contribution in [0.25, 0.3) is 0 Å². The first-order valence-corrected chi connectivity index (χ1v) is 8.08. The van der Waals surface area contributed by atoms with Crippen LogP contribution in [0.5, 0.6) is 11.5 Å². The predicted molar refractivity (Wildman–Crippen MR) is 96.6 cm³/mol. The molecule has 4 heteroatoms. The molecule has 0 radical (unpaired) electrons. The van der Waals surface area contributed by atoms with Crippen LogP contribution in [-0.2, 0) is 0 Å². The van der Waals surface area contributed by atoms with Crippen LogP contribution in [0.15, 0.2) is 45.9 Å². The van der Waals surface area contributed by atoms with Crippen LogP contribution in [0.2, 0.25) is 0 Å². The fourth-order valence-electron chi connectivity index (χ4n) is 1.91. The van der Waals surface area contributed by atoms with Gasteiger partial charge in [-0.05, 0) is 72.1 Å². The van der Waals surface area contributed by atoms with E-state index in [2.05, 4.69) is 33.9 Å². The van der Waals surface area contributed by atoms with Gasteiger partial charge in [0.2, 0.25) is 0 Å². The number of ether oxygens (including phenoxy) is 1. The highest BCUT2D eigenvalue weighted by Crippen LogP contribution is 2.34. The normalized spacial score (nSPS) is 11.0. The maximum atomic E-state index is 6.01. The number of aliphatic imine (C=N–C) groups is 1. The number of rotatable bonds is 5. The van der Waals surface area contributed by atoms with E-state index in [1.54, 1.807) is 0 Å². The molecule has 0 aliphatic heterocycles. The number of nitrogens with zero attached hydrogens (tertiary/aromatic N) is 2. The lowest BCUT2D eigenvalue weighted by Gasteiger charge is -2.13. The van der Waals surface area contributed by atoms with Gasteiger partial charge in [-0.1, -0.05) is 12.1 Å². The van der Waals surface area contributed by atoms with Crippen LogP contribution in [0, 0.1) is 13.8 Å². The molecule has 0 spiro atoms. The number of halogens is 1. The lowest BCUT2D eigenvalue weighted by molar-refractivity contribution is 0.475. The zero-order valence-corrected chi connectivity index (χ0v) is 15.0. The van der Waals surface area contributed by atoms with Gasteiger partial charge in [0, 0.05) is 13.6 Å². The molecule has 0 aliphatic carbocycles. The quantitative estimate of drug-likeness (QED) is 0.521. The molecule has 0 N–H and O–H groups in total. The van der Waals surface area contributed by atoms with E-state index in [4.69, 9.17) is 4.74 Å². The molecule has 0 heterocycles. The van der Waals surface area contributed by atoms with Crippen LogP contribution in [-0.4, -0.2) is 24.8 Å². The van der Waals surface area contributed by atoms with E-state index in [1.165, 1.54) is 0 Å². The van der Waals surface area contributed by atoms with E-state index in [1.807, 2.05) is 62.5 Å². The Morgan fingerprint density at radius 1 is 1.14 bits per heavy atom. The summed E-state index contributed by atoms with van der Waals surface area (Å²) in [6.07, 6.45) is 1.86. The van der Waals surface area contributed by atoms with Gasteiger partial charge in [0.25, 0.3) is 0 Å². The Hall–Kier alpha value is -1.81. The van der Waals surface area contributed by atoms with Crippen molar-refractivity contribution in [1.82, 2.24) is 4.90 Å². The average Bonchev–Trinajstić information content (AvgIpc) is 2.51. The summed E-state index contributed by atoms with van der Waals surface area (Å²) in [4.78, 5) is 6.58. The highest BCUT2D eigenvalue weighted by atomic mass is 79.9. The molecule has 0 saturated carbocycles. The summed E-state index contributed by atoms with van der Waals surface area (Å²) in [6, 6.07) is 11.9. The Bertz CT molecular complexity index is 683. The largest absolute Gasteiger partial charge is 0.456 e. The molecular weight excluding hydrogens is 340 g/mol. The van der Waals surface area contributed by atoms with Crippen LogP contribution >= 0.6 is 15.9 Å². The van der Waals surface area contributed by atoms with Gasteiger partial charge < -0.3 is 9.64 Å². The van der Waals surface area contributed by atoms with Crippen molar-refractivity contribution in [3.63, 3.8) is 0 Å². The molecule has 2 aromatic carbocycles. The van der Waals surface area contributed by atoms with Crippen molar-refractivity contribution >= 4 is 28.0 Å². The molecule has 0 aliphatic rings. The van der Waals surface area contributed by atoms with E-state index < -0.39 is 0 Å². The Balaban J connectivity index is 2.27. The van der Waals surface area contributed by atoms with Gasteiger partial charge in [-0.25, -0.2) is 4.99 Å². The Kier molecular flexibility index (Phi) is 5.61. The van der Waals surface area contributed by atoms with Crippen molar-refractivity contribution in [1.29, 1.82) is 0 Å². The van der Waals surface area contributed by atoms with Gasteiger partial charge in [0.15, 0.2) is 0 Å². The Labute approximate surface area is 140 Å². The SMILES string of the molecule is CCN(C)C=Nc1cc(C)c(Oc2ccccc2Br)cc1C. The van der Waals surface area contributed by atoms with Crippen molar-refractivity contribution in [3.8, 4) is 11.5 Å². The molecule has 0 amide bonds. The van der Waals surface area contributed by atoms with Gasteiger partial charge in [0.05, 0.1) is 16.5 Å². The molecule has 2 rings (SSSR count). The standard InChI is InChI=1S/C18H21BrN2O/c1-5-21(4)12-20-16-10-14(3)18(11-13(16)2)22-17-9-7-6-8-15(17)19/h6-12H,5H2,1-4H3. The zero-order valence-electron chi connectivity index (χ0n) is 13.4. The second-order valence-corrected chi connectivity index (χ2v) is 6.11. The fourth-order valence-corrected chi connectivity index (χ4v) is 2.28. The molecule has 3 nitrogen and oxygen atoms in total. The number of hydrogen-bond acceptors (Lipinski definition) is 2. The molecule has 0 aromatic heterocycles. The highest BCUT2D eigenvalue weighted by molar-refractivity contribution is 9.10. The summed E-state index contributed by atoms with van der Waals surface area (Å²) in [5.74, 6) is 1.67. The third-order valence-corrected chi connectivity index (χ3v) is 4.10. The summed E-state index contributed by atoms with van der Waals surface area (Å²) in [6.45, 7) is 7.11. The number of benzene rings is 2. The zero-order chi connectivity index (χ0) is 16.1. The topological polar surface area (TPSA) is 24.8 Å². The van der Waals surface area contributed by atoms with Gasteiger partial charge in [-0.2, -0.15) is 0 Å². The summed E-state index contributed by atoms with van der Waals surface area (Å²) in [7, 11) is 2.01. The molecule has 0 fully saturated rings. The molecule has 0 unspecified atom stereocenters. The average molecular weight is 361 g/mol. The molecular formula is C18H21BrN2O. The van der Waals surface area contributed by atoms with E-state index in [9.17, 15) is 0 Å². The third kappa shape index (κ3) is 4.10. The Morgan fingerprint density at radius 2 is 1.86 bits per heavy atom. The van der Waals surface area contributed by atoms with Crippen molar-refractivity contribution in [3.05, 3.63) is 52.0 Å². The molecule has 2 aromatic rings. The van der Waals surface area contributed by atoms with Crippen LogP contribution in [0.1, 0.15) is 18.1 Å². The number of aryl methyl sites for hydroxylation is 2. The fraction of sp³-hybridized carbons (Fsp3) is 0.278. The minimum absolute atomic E-state index is 0.812. The van der Waals surface area contributed by atoms with Crippen molar-refractivity contribution in [2.75, 3.05) is 13.6 Å². The van der Waals surface area contributed by atoms with Crippen LogP contribution in [0.4, 0.5) is 5.69 Å². The van der Waals surface area contributed by atoms with Gasteiger partial charge >= 0.3 is 0 Å². The molecule has 0 atom stereocenters. The Morgan fingerprint density at radius 3 is 2.55 bits per heavy atom. The van der Waals surface area contributed by atoms with Gasteiger partial charge in [-0.3, -0.25) is 0 Å². The van der Waals surface area contributed by atoms with Crippen molar-refractivity contribution in [2.45, 2.75) is 20.8 Å². The second-order valence-electron chi connectivity index (χ2n) is 5.25. The first-order chi connectivity index (χ1) is 10.5. The van der Waals surface area contributed by atoms with E-state index in [-0.39, 0.29) is 0 Å². The minimum Gasteiger partial charge on any atom is -0.456 e. The van der Waals surface area contributed by atoms with Gasteiger partial charge in [-0.15, -0.1) is 0 Å². The minimum atomic E-state index is 0.812. The maximum Gasteiger partial charge on any atom is 0.141 e. The monoisotopic (exact) mass is 360 g/mol. The van der Waals surface area contributed by atoms with Gasteiger partial charge in [0.1, 0.15) is 11.5 Å². The number of hydrogen-bond donors (Lipinski definition) is 0. The summed E-state index contributed by atoms with van der Waals surface area (Å²) in [5.41, 5.74) is 3.12. The van der Waals surface area contributed by atoms with Crippen LogP contribution in [0.3, 0.4) is 0 Å². The first kappa shape index (κ1) is 16.6. The number of para-hydroxylation sites is 1. The first-order valence-electron chi connectivity index (χ1n) is 7.29. The van der Waals surface area contributed by atoms with Crippen LogP contribution < -0.4 is 4.74 Å². The van der Waals surface area contributed by atoms with E-state index in [0.717, 1.165) is 39.3 Å². The predicted octanol–water partition coefficient (Wildman–Crippen LogP) is 5.47. The van der Waals surface area contributed by atoms with Crippen molar-refractivity contribution < 1.29 is 4.74 Å². The smallest absolute Gasteiger partial charge is 0.141 e. The lowest BCUT2D eigenvalue weighted by Crippen LogP contribution is -2.14. The van der Waals surface area contributed by atoms with E-state index >= 15 is 0 Å².